The molecule has 0 radical (unpaired) electrons. The number of hydrazine groups is 1. The van der Waals surface area contributed by atoms with Gasteiger partial charge in [0.25, 0.3) is 5.91 Å². The molecule has 0 aliphatic heterocycles. The Hall–Kier alpha value is -2.15. The van der Waals surface area contributed by atoms with Crippen LogP contribution in [-0.2, 0) is 0 Å². The maximum Gasteiger partial charge on any atom is 0.306 e. The van der Waals surface area contributed by atoms with Crippen LogP contribution in [0.3, 0.4) is 0 Å². The lowest BCUT2D eigenvalue weighted by Gasteiger charge is -2.22. The van der Waals surface area contributed by atoms with Gasteiger partial charge in [0.15, 0.2) is 0 Å². The zero-order valence-corrected chi connectivity index (χ0v) is 11.9. The van der Waals surface area contributed by atoms with E-state index in [2.05, 4.69) is 10.7 Å². The van der Waals surface area contributed by atoms with Crippen molar-refractivity contribution in [2.75, 3.05) is 12.0 Å². The summed E-state index contributed by atoms with van der Waals surface area (Å²) in [5.41, 5.74) is 1.96. The number of para-hydroxylation sites is 1. The van der Waals surface area contributed by atoms with Crippen molar-refractivity contribution in [3.8, 4) is 0 Å². The number of nitro benzene ring substituents is 1. The smallest absolute Gasteiger partial charge is 0.306 e. The van der Waals surface area contributed by atoms with E-state index in [1.54, 1.807) is 6.07 Å². The minimum Gasteiger partial charge on any atom is -0.351 e. The Labute approximate surface area is 117 Å². The van der Waals surface area contributed by atoms with E-state index in [1.165, 1.54) is 12.1 Å². The van der Waals surface area contributed by atoms with E-state index in [0.717, 1.165) is 6.42 Å². The van der Waals surface area contributed by atoms with Gasteiger partial charge in [-0.2, -0.15) is 0 Å². The van der Waals surface area contributed by atoms with Crippen LogP contribution in [0.5, 0.6) is 0 Å². The predicted octanol–water partition coefficient (Wildman–Crippen LogP) is 2.05. The van der Waals surface area contributed by atoms with E-state index in [-0.39, 0.29) is 22.4 Å². The Bertz CT molecular complexity index is 514. The molecule has 110 valence electrons. The molecular formula is C13H20N4O3. The van der Waals surface area contributed by atoms with Crippen molar-refractivity contribution >= 4 is 17.3 Å². The molecule has 7 heteroatoms. The molecular weight excluding hydrogens is 260 g/mol. The van der Waals surface area contributed by atoms with Crippen LogP contribution in [0.2, 0.25) is 0 Å². The van der Waals surface area contributed by atoms with Crippen molar-refractivity contribution in [2.45, 2.75) is 27.2 Å². The fourth-order valence-corrected chi connectivity index (χ4v) is 1.58. The molecule has 0 fully saturated rings. The van der Waals surface area contributed by atoms with Crippen molar-refractivity contribution in [2.24, 2.45) is 11.3 Å². The Balaban J connectivity index is 3.02. The third-order valence-corrected chi connectivity index (χ3v) is 3.30. The molecule has 20 heavy (non-hydrogen) atoms. The number of rotatable bonds is 6. The quantitative estimate of drug-likeness (QED) is 0.419. The lowest BCUT2D eigenvalue weighted by molar-refractivity contribution is -0.384. The SMILES string of the molecule is CCC(C)(C)CNC(=O)c1cccc(NN)c1[N+](=O)[O-]. The van der Waals surface area contributed by atoms with Gasteiger partial charge in [-0.3, -0.25) is 20.8 Å². The molecule has 0 aromatic heterocycles. The molecule has 0 saturated heterocycles. The first-order valence-corrected chi connectivity index (χ1v) is 6.34. The van der Waals surface area contributed by atoms with E-state index < -0.39 is 10.8 Å². The van der Waals surface area contributed by atoms with Gasteiger partial charge in [0, 0.05) is 6.54 Å². The van der Waals surface area contributed by atoms with Crippen molar-refractivity contribution in [3.05, 3.63) is 33.9 Å². The van der Waals surface area contributed by atoms with Gasteiger partial charge in [-0.1, -0.05) is 26.8 Å². The molecule has 0 bridgehead atoms. The molecule has 7 nitrogen and oxygen atoms in total. The topological polar surface area (TPSA) is 110 Å². The molecule has 4 N–H and O–H groups in total. The second-order valence-electron chi connectivity index (χ2n) is 5.30. The fraction of sp³-hybridized carbons (Fsp3) is 0.462. The summed E-state index contributed by atoms with van der Waals surface area (Å²) >= 11 is 0. The average Bonchev–Trinajstić information content (AvgIpc) is 2.43. The van der Waals surface area contributed by atoms with Gasteiger partial charge < -0.3 is 10.7 Å². The number of carbonyl (C=O) groups is 1. The second-order valence-corrected chi connectivity index (χ2v) is 5.30. The van der Waals surface area contributed by atoms with Crippen molar-refractivity contribution in [1.29, 1.82) is 0 Å². The number of nitrogens with zero attached hydrogens (tertiary/aromatic N) is 1. The number of hydrogen-bond donors (Lipinski definition) is 3. The minimum absolute atomic E-state index is 0.00245. The van der Waals surface area contributed by atoms with E-state index in [0.29, 0.717) is 6.54 Å². The van der Waals surface area contributed by atoms with Gasteiger partial charge in [-0.05, 0) is 24.0 Å². The van der Waals surface area contributed by atoms with Crippen LogP contribution in [0.1, 0.15) is 37.6 Å². The molecule has 0 saturated carbocycles. The molecule has 0 heterocycles. The maximum atomic E-state index is 12.1. The Kier molecular flexibility index (Phi) is 5.04. The van der Waals surface area contributed by atoms with Crippen LogP contribution < -0.4 is 16.6 Å². The van der Waals surface area contributed by atoms with E-state index >= 15 is 0 Å². The van der Waals surface area contributed by atoms with Crippen LogP contribution in [0, 0.1) is 15.5 Å². The highest BCUT2D eigenvalue weighted by atomic mass is 16.6. The Morgan fingerprint density at radius 2 is 2.10 bits per heavy atom. The standard InChI is InChI=1S/C13H20N4O3/c1-4-13(2,3)8-15-12(18)9-6-5-7-10(16-14)11(9)17(19)20/h5-7,16H,4,8,14H2,1-3H3,(H,15,18). The Morgan fingerprint density at radius 3 is 2.60 bits per heavy atom. The lowest BCUT2D eigenvalue weighted by atomic mass is 9.90. The minimum atomic E-state index is -0.616. The van der Waals surface area contributed by atoms with Crippen LogP contribution >= 0.6 is 0 Å². The fourth-order valence-electron chi connectivity index (χ4n) is 1.58. The number of nitrogen functional groups attached to an aromatic ring is 1. The highest BCUT2D eigenvalue weighted by Crippen LogP contribution is 2.28. The Morgan fingerprint density at radius 1 is 1.45 bits per heavy atom. The predicted molar refractivity (Wildman–Crippen MR) is 77.3 cm³/mol. The van der Waals surface area contributed by atoms with Gasteiger partial charge >= 0.3 is 5.69 Å². The number of carbonyl (C=O) groups excluding carboxylic acids is 1. The first-order chi connectivity index (χ1) is 9.32. The first kappa shape index (κ1) is 15.9. The number of anilines is 1. The van der Waals surface area contributed by atoms with Gasteiger partial charge in [0.2, 0.25) is 0 Å². The number of nitro groups is 1. The van der Waals surface area contributed by atoms with E-state index in [4.69, 9.17) is 5.84 Å². The second kappa shape index (κ2) is 6.33. The molecule has 1 aromatic rings. The van der Waals surface area contributed by atoms with Gasteiger partial charge in [-0.15, -0.1) is 0 Å². The number of nitrogens with one attached hydrogen (secondary N) is 2. The molecule has 0 aliphatic rings. The summed E-state index contributed by atoms with van der Waals surface area (Å²) in [5.74, 6) is 4.76. The highest BCUT2D eigenvalue weighted by molar-refractivity contribution is 6.00. The van der Waals surface area contributed by atoms with Crippen molar-refractivity contribution in [3.63, 3.8) is 0 Å². The van der Waals surface area contributed by atoms with E-state index in [1.807, 2.05) is 20.8 Å². The molecule has 1 aromatic carbocycles. The summed E-state index contributed by atoms with van der Waals surface area (Å²) < 4.78 is 0. The summed E-state index contributed by atoms with van der Waals surface area (Å²) in [6.07, 6.45) is 0.889. The lowest BCUT2D eigenvalue weighted by Crippen LogP contribution is -2.34. The highest BCUT2D eigenvalue weighted by Gasteiger charge is 2.25. The normalized spacial score (nSPS) is 11.0. The van der Waals surface area contributed by atoms with Crippen LogP contribution in [0.4, 0.5) is 11.4 Å². The monoisotopic (exact) mass is 280 g/mol. The molecule has 0 unspecified atom stereocenters. The van der Waals surface area contributed by atoms with Gasteiger partial charge in [0.1, 0.15) is 11.3 Å². The third kappa shape index (κ3) is 3.67. The first-order valence-electron chi connectivity index (χ1n) is 6.34. The zero-order chi connectivity index (χ0) is 15.3. The largest absolute Gasteiger partial charge is 0.351 e. The molecule has 0 aliphatic carbocycles. The molecule has 1 amide bonds. The van der Waals surface area contributed by atoms with Crippen molar-refractivity contribution < 1.29 is 9.72 Å². The van der Waals surface area contributed by atoms with E-state index in [9.17, 15) is 14.9 Å². The summed E-state index contributed by atoms with van der Waals surface area (Å²) in [6, 6.07) is 4.40. The summed E-state index contributed by atoms with van der Waals surface area (Å²) in [7, 11) is 0. The third-order valence-electron chi connectivity index (χ3n) is 3.30. The molecule has 0 spiro atoms. The summed E-state index contributed by atoms with van der Waals surface area (Å²) in [4.78, 5) is 22.6. The number of benzene rings is 1. The summed E-state index contributed by atoms with van der Waals surface area (Å²) in [6.45, 7) is 6.49. The molecule has 0 atom stereocenters. The maximum absolute atomic E-state index is 12.1. The average molecular weight is 280 g/mol. The van der Waals surface area contributed by atoms with Crippen LogP contribution in [0.15, 0.2) is 18.2 Å². The zero-order valence-electron chi connectivity index (χ0n) is 11.9. The molecule has 1 rings (SSSR count). The van der Waals surface area contributed by atoms with Crippen molar-refractivity contribution in [1.82, 2.24) is 5.32 Å². The number of nitrogens with two attached hydrogens (primary N) is 1. The number of amides is 1. The number of hydrogen-bond acceptors (Lipinski definition) is 5. The van der Waals surface area contributed by atoms with Crippen LogP contribution in [0.25, 0.3) is 0 Å². The van der Waals surface area contributed by atoms with Gasteiger partial charge in [-0.25, -0.2) is 0 Å². The summed E-state index contributed by atoms with van der Waals surface area (Å²) in [5, 5.41) is 13.8. The van der Waals surface area contributed by atoms with Crippen LogP contribution in [-0.4, -0.2) is 17.4 Å². The van der Waals surface area contributed by atoms with Gasteiger partial charge in [0.05, 0.1) is 4.92 Å².